The minimum absolute atomic E-state index is 0.0451. The Kier molecular flexibility index (Phi) is 2.73. The van der Waals surface area contributed by atoms with Gasteiger partial charge in [-0.25, -0.2) is 0 Å². The van der Waals surface area contributed by atoms with Crippen LogP contribution in [0.4, 0.5) is 5.69 Å². The van der Waals surface area contributed by atoms with Crippen LogP contribution < -0.4 is 11.1 Å². The van der Waals surface area contributed by atoms with Crippen molar-refractivity contribution < 1.29 is 4.79 Å². The van der Waals surface area contributed by atoms with E-state index in [2.05, 4.69) is 16.8 Å². The van der Waals surface area contributed by atoms with E-state index in [-0.39, 0.29) is 11.9 Å². The van der Waals surface area contributed by atoms with Gasteiger partial charge in [-0.1, -0.05) is 12.1 Å². The van der Waals surface area contributed by atoms with Crippen molar-refractivity contribution in [3.05, 3.63) is 51.7 Å². The van der Waals surface area contributed by atoms with Gasteiger partial charge in [-0.2, -0.15) is 11.3 Å². The Labute approximate surface area is 116 Å². The fraction of sp³-hybridized carbons (Fsp3) is 0.267. The molecule has 0 fully saturated rings. The number of fused-ring (bicyclic) bond motifs is 1. The molecule has 3 rings (SSSR count). The lowest BCUT2D eigenvalue weighted by Crippen LogP contribution is -2.27. The fourth-order valence-corrected chi connectivity index (χ4v) is 3.12. The molecule has 1 unspecified atom stereocenters. The zero-order valence-electron chi connectivity index (χ0n) is 10.9. The first kappa shape index (κ1) is 12.4. The Balaban J connectivity index is 2.04. The molecule has 1 aliphatic rings. The van der Waals surface area contributed by atoms with Crippen LogP contribution in [0.5, 0.6) is 0 Å². The minimum Gasteiger partial charge on any atom is -0.325 e. The van der Waals surface area contributed by atoms with Gasteiger partial charge in [0.15, 0.2) is 0 Å². The van der Waals surface area contributed by atoms with Crippen LogP contribution in [0.15, 0.2) is 35.0 Å². The lowest BCUT2D eigenvalue weighted by Gasteiger charge is -2.17. The molecule has 1 amide bonds. The van der Waals surface area contributed by atoms with E-state index in [0.29, 0.717) is 0 Å². The van der Waals surface area contributed by atoms with Crippen molar-refractivity contribution in [1.82, 2.24) is 0 Å². The topological polar surface area (TPSA) is 55.1 Å². The molecule has 1 aromatic heterocycles. The van der Waals surface area contributed by atoms with E-state index in [1.54, 1.807) is 11.3 Å². The highest BCUT2D eigenvalue weighted by Crippen LogP contribution is 2.39. The summed E-state index contributed by atoms with van der Waals surface area (Å²) >= 11 is 1.64. The van der Waals surface area contributed by atoms with Gasteiger partial charge < -0.3 is 11.1 Å². The third-order valence-corrected chi connectivity index (χ3v) is 4.50. The Morgan fingerprint density at radius 1 is 1.26 bits per heavy atom. The number of benzene rings is 1. The number of amides is 1. The Bertz CT molecular complexity index is 632. The standard InChI is InChI=1S/C15H16N2OS/c1-15(2)11-7-9(3-4-12(11)17-14(15)18)13(16)10-5-6-19-8-10/h3-8,13H,16H2,1-2H3,(H,17,18). The molecule has 19 heavy (non-hydrogen) atoms. The summed E-state index contributed by atoms with van der Waals surface area (Å²) in [5.41, 5.74) is 9.88. The molecule has 0 saturated carbocycles. The van der Waals surface area contributed by atoms with E-state index in [1.807, 2.05) is 37.4 Å². The fourth-order valence-electron chi connectivity index (χ4n) is 2.43. The van der Waals surface area contributed by atoms with Crippen molar-refractivity contribution in [2.45, 2.75) is 25.3 Å². The van der Waals surface area contributed by atoms with Crippen LogP contribution in [0.2, 0.25) is 0 Å². The van der Waals surface area contributed by atoms with Crippen LogP contribution >= 0.6 is 11.3 Å². The van der Waals surface area contributed by atoms with Gasteiger partial charge in [0, 0.05) is 5.69 Å². The van der Waals surface area contributed by atoms with Gasteiger partial charge in [-0.05, 0) is 53.4 Å². The predicted molar refractivity (Wildman–Crippen MR) is 78.4 cm³/mol. The van der Waals surface area contributed by atoms with E-state index < -0.39 is 5.41 Å². The molecule has 4 heteroatoms. The number of nitrogens with one attached hydrogen (secondary N) is 1. The molecule has 2 heterocycles. The molecule has 0 bridgehead atoms. The summed E-state index contributed by atoms with van der Waals surface area (Å²) in [6.45, 7) is 3.88. The molecule has 1 aliphatic heterocycles. The van der Waals surface area contributed by atoms with E-state index in [0.717, 1.165) is 22.4 Å². The summed E-state index contributed by atoms with van der Waals surface area (Å²) in [6, 6.07) is 7.89. The number of carbonyl (C=O) groups is 1. The minimum atomic E-state index is -0.486. The van der Waals surface area contributed by atoms with Crippen molar-refractivity contribution >= 4 is 22.9 Å². The van der Waals surface area contributed by atoms with E-state index in [1.165, 1.54) is 0 Å². The maximum atomic E-state index is 11.9. The third-order valence-electron chi connectivity index (χ3n) is 3.79. The highest BCUT2D eigenvalue weighted by molar-refractivity contribution is 7.08. The number of nitrogens with two attached hydrogens (primary N) is 1. The van der Waals surface area contributed by atoms with Crippen molar-refractivity contribution in [3.8, 4) is 0 Å². The predicted octanol–water partition coefficient (Wildman–Crippen LogP) is 3.03. The van der Waals surface area contributed by atoms with Crippen LogP contribution in [0, 0.1) is 0 Å². The first-order valence-corrected chi connectivity index (χ1v) is 7.18. The molecule has 0 spiro atoms. The Morgan fingerprint density at radius 3 is 2.74 bits per heavy atom. The molecule has 98 valence electrons. The lowest BCUT2D eigenvalue weighted by atomic mass is 9.84. The molecule has 2 aromatic rings. The largest absolute Gasteiger partial charge is 0.325 e. The normalized spacial score (nSPS) is 17.9. The zero-order chi connectivity index (χ0) is 13.6. The average molecular weight is 272 g/mol. The van der Waals surface area contributed by atoms with Gasteiger partial charge in [0.05, 0.1) is 11.5 Å². The summed E-state index contributed by atoms with van der Waals surface area (Å²) in [7, 11) is 0. The van der Waals surface area contributed by atoms with Crippen LogP contribution in [0.25, 0.3) is 0 Å². The van der Waals surface area contributed by atoms with Gasteiger partial charge in [0.1, 0.15) is 0 Å². The number of carbonyl (C=O) groups excluding carboxylic acids is 1. The maximum Gasteiger partial charge on any atom is 0.234 e. The number of rotatable bonds is 2. The summed E-state index contributed by atoms with van der Waals surface area (Å²) in [6.07, 6.45) is 0. The van der Waals surface area contributed by atoms with Crippen LogP contribution in [0.3, 0.4) is 0 Å². The van der Waals surface area contributed by atoms with Gasteiger partial charge in [0.2, 0.25) is 5.91 Å². The molecule has 0 radical (unpaired) electrons. The monoisotopic (exact) mass is 272 g/mol. The molecule has 0 aliphatic carbocycles. The molecular weight excluding hydrogens is 256 g/mol. The van der Waals surface area contributed by atoms with Crippen LogP contribution in [-0.2, 0) is 10.2 Å². The maximum absolute atomic E-state index is 11.9. The average Bonchev–Trinajstić information content (AvgIpc) is 2.98. The molecule has 0 saturated heterocycles. The quantitative estimate of drug-likeness (QED) is 0.883. The summed E-state index contributed by atoms with van der Waals surface area (Å²) in [5.74, 6) is 0.0451. The molecule has 1 aromatic carbocycles. The van der Waals surface area contributed by atoms with Gasteiger partial charge in [-0.15, -0.1) is 0 Å². The number of thiophene rings is 1. The second-order valence-corrected chi connectivity index (χ2v) is 6.20. The van der Waals surface area contributed by atoms with Crippen molar-refractivity contribution in [3.63, 3.8) is 0 Å². The van der Waals surface area contributed by atoms with E-state index in [9.17, 15) is 4.79 Å². The van der Waals surface area contributed by atoms with E-state index in [4.69, 9.17) is 5.73 Å². The highest BCUT2D eigenvalue weighted by atomic mass is 32.1. The van der Waals surface area contributed by atoms with Crippen LogP contribution in [-0.4, -0.2) is 5.91 Å². The van der Waals surface area contributed by atoms with Crippen molar-refractivity contribution in [1.29, 1.82) is 0 Å². The lowest BCUT2D eigenvalue weighted by molar-refractivity contribution is -0.119. The highest BCUT2D eigenvalue weighted by Gasteiger charge is 2.38. The summed E-state index contributed by atoms with van der Waals surface area (Å²) in [5, 5.41) is 7.00. The summed E-state index contributed by atoms with van der Waals surface area (Å²) in [4.78, 5) is 11.9. The van der Waals surface area contributed by atoms with Gasteiger partial charge >= 0.3 is 0 Å². The Morgan fingerprint density at radius 2 is 2.05 bits per heavy atom. The Hall–Kier alpha value is -1.65. The third kappa shape index (κ3) is 1.88. The zero-order valence-corrected chi connectivity index (χ0v) is 11.8. The van der Waals surface area contributed by atoms with Crippen molar-refractivity contribution in [2.24, 2.45) is 5.73 Å². The van der Waals surface area contributed by atoms with E-state index >= 15 is 0 Å². The smallest absolute Gasteiger partial charge is 0.234 e. The number of hydrogen-bond acceptors (Lipinski definition) is 3. The number of anilines is 1. The first-order chi connectivity index (χ1) is 9.00. The molecule has 3 N–H and O–H groups in total. The summed E-state index contributed by atoms with van der Waals surface area (Å²) < 4.78 is 0. The SMILES string of the molecule is CC1(C)C(=O)Nc2ccc(C(N)c3ccsc3)cc21. The van der Waals surface area contributed by atoms with Gasteiger partial charge in [0.25, 0.3) is 0 Å². The van der Waals surface area contributed by atoms with Crippen LogP contribution in [0.1, 0.15) is 36.6 Å². The second kappa shape index (κ2) is 4.18. The van der Waals surface area contributed by atoms with Crippen molar-refractivity contribution in [2.75, 3.05) is 5.32 Å². The molecule has 3 nitrogen and oxygen atoms in total. The first-order valence-electron chi connectivity index (χ1n) is 6.23. The van der Waals surface area contributed by atoms with Gasteiger partial charge in [-0.3, -0.25) is 4.79 Å². The number of hydrogen-bond donors (Lipinski definition) is 2. The molecule has 1 atom stereocenters. The molecular formula is C15H16N2OS. The second-order valence-electron chi connectivity index (χ2n) is 5.42.